The molecule has 0 bridgehead atoms. The second-order valence-corrected chi connectivity index (χ2v) is 6.72. The van der Waals surface area contributed by atoms with Gasteiger partial charge in [-0.3, -0.25) is 0 Å². The zero-order valence-electron chi connectivity index (χ0n) is 13.4. The number of fused-ring (bicyclic) bond motifs is 1. The summed E-state index contributed by atoms with van der Waals surface area (Å²) in [6.45, 7) is 1.48. The Balaban J connectivity index is 1.77. The molecule has 0 fully saturated rings. The topological polar surface area (TPSA) is 27.1 Å². The van der Waals surface area contributed by atoms with Gasteiger partial charge in [-0.2, -0.15) is 0 Å². The highest BCUT2D eigenvalue weighted by atomic mass is 35.5. The summed E-state index contributed by atoms with van der Waals surface area (Å²) >= 11 is 6.04. The van der Waals surface area contributed by atoms with Crippen molar-refractivity contribution in [3.05, 3.63) is 89.0 Å². The van der Waals surface area contributed by atoms with Gasteiger partial charge in [0.2, 0.25) is 0 Å². The Bertz CT molecular complexity index is 814. The van der Waals surface area contributed by atoms with Crippen LogP contribution in [0.2, 0.25) is 5.02 Å². The van der Waals surface area contributed by atoms with E-state index in [0.717, 1.165) is 31.0 Å². The summed E-state index contributed by atoms with van der Waals surface area (Å²) in [5.74, 6) is 0. The summed E-state index contributed by atoms with van der Waals surface area (Å²) in [6.07, 6.45) is 7.42. The third kappa shape index (κ3) is 2.97. The number of hydrogen-bond donors (Lipinski definition) is 0. The standard InChI is InChI=1S/C20H19ClN2O/c21-18-7-5-16(6-8-18)13-20(14-23-11-10-22-15-23)19-4-2-1-3-17(19)9-12-24-20/h1-8,10-11,15H,9,12-14H2. The molecule has 0 saturated heterocycles. The number of rotatable bonds is 4. The van der Waals surface area contributed by atoms with Gasteiger partial charge in [0.25, 0.3) is 0 Å². The Kier molecular flexibility index (Phi) is 4.13. The first-order chi connectivity index (χ1) is 11.8. The molecule has 0 saturated carbocycles. The van der Waals surface area contributed by atoms with Crippen LogP contribution < -0.4 is 0 Å². The smallest absolute Gasteiger partial charge is 0.115 e. The lowest BCUT2D eigenvalue weighted by molar-refractivity contribution is -0.0724. The highest BCUT2D eigenvalue weighted by molar-refractivity contribution is 6.30. The Morgan fingerprint density at radius 3 is 2.75 bits per heavy atom. The minimum absolute atomic E-state index is 0.386. The van der Waals surface area contributed by atoms with Crippen LogP contribution in [0.25, 0.3) is 0 Å². The van der Waals surface area contributed by atoms with Gasteiger partial charge in [0.15, 0.2) is 0 Å². The van der Waals surface area contributed by atoms with Crippen LogP contribution >= 0.6 is 11.6 Å². The molecule has 0 radical (unpaired) electrons. The van der Waals surface area contributed by atoms with Crippen LogP contribution in [0.1, 0.15) is 16.7 Å². The lowest BCUT2D eigenvalue weighted by Crippen LogP contribution is -2.41. The predicted molar refractivity (Wildman–Crippen MR) is 95.2 cm³/mol. The molecule has 24 heavy (non-hydrogen) atoms. The lowest BCUT2D eigenvalue weighted by atomic mass is 9.81. The summed E-state index contributed by atoms with van der Waals surface area (Å²) in [7, 11) is 0. The molecule has 2 aromatic carbocycles. The minimum Gasteiger partial charge on any atom is -0.368 e. The summed E-state index contributed by atoms with van der Waals surface area (Å²) < 4.78 is 8.51. The largest absolute Gasteiger partial charge is 0.368 e. The normalized spacial score (nSPS) is 19.9. The highest BCUT2D eigenvalue weighted by Crippen LogP contribution is 2.38. The summed E-state index contributed by atoms with van der Waals surface area (Å²) in [4.78, 5) is 4.18. The Morgan fingerprint density at radius 2 is 1.96 bits per heavy atom. The number of ether oxygens (including phenoxy) is 1. The van der Waals surface area contributed by atoms with Crippen LogP contribution in [0.4, 0.5) is 0 Å². The second kappa shape index (κ2) is 6.42. The Hall–Kier alpha value is -2.10. The number of imidazole rings is 1. The lowest BCUT2D eigenvalue weighted by Gasteiger charge is -2.39. The highest BCUT2D eigenvalue weighted by Gasteiger charge is 2.38. The molecule has 1 aromatic heterocycles. The van der Waals surface area contributed by atoms with Gasteiger partial charge in [0, 0.05) is 23.8 Å². The van der Waals surface area contributed by atoms with Gasteiger partial charge in [0.05, 0.1) is 19.5 Å². The third-order valence-corrected chi connectivity index (χ3v) is 4.91. The third-order valence-electron chi connectivity index (χ3n) is 4.66. The van der Waals surface area contributed by atoms with E-state index in [0.29, 0.717) is 0 Å². The van der Waals surface area contributed by atoms with Crippen molar-refractivity contribution in [2.45, 2.75) is 25.0 Å². The quantitative estimate of drug-likeness (QED) is 0.711. The molecule has 0 amide bonds. The SMILES string of the molecule is Clc1ccc(CC2(Cn3ccnc3)OCCc3ccccc32)cc1. The Labute approximate surface area is 146 Å². The maximum atomic E-state index is 6.42. The first-order valence-electron chi connectivity index (χ1n) is 8.18. The van der Waals surface area contributed by atoms with Crippen molar-refractivity contribution < 1.29 is 4.74 Å². The molecule has 122 valence electrons. The van der Waals surface area contributed by atoms with Crippen LogP contribution in [0, 0.1) is 0 Å². The average molecular weight is 339 g/mol. The molecule has 1 aliphatic heterocycles. The number of benzene rings is 2. The van der Waals surface area contributed by atoms with E-state index in [2.05, 4.69) is 45.9 Å². The second-order valence-electron chi connectivity index (χ2n) is 6.29. The van der Waals surface area contributed by atoms with Crippen molar-refractivity contribution in [2.75, 3.05) is 6.61 Å². The average Bonchev–Trinajstić information content (AvgIpc) is 3.10. The fraction of sp³-hybridized carbons (Fsp3) is 0.250. The van der Waals surface area contributed by atoms with Crippen molar-refractivity contribution in [2.24, 2.45) is 0 Å². The molecule has 1 atom stereocenters. The van der Waals surface area contributed by atoms with E-state index >= 15 is 0 Å². The first kappa shape index (κ1) is 15.4. The van der Waals surface area contributed by atoms with Gasteiger partial charge in [0.1, 0.15) is 5.60 Å². The zero-order valence-corrected chi connectivity index (χ0v) is 14.1. The van der Waals surface area contributed by atoms with Gasteiger partial charge in [-0.05, 0) is 35.2 Å². The molecule has 1 aliphatic rings. The molecule has 1 unspecified atom stereocenters. The van der Waals surface area contributed by atoms with E-state index in [1.165, 1.54) is 16.7 Å². The fourth-order valence-electron chi connectivity index (χ4n) is 3.56. The van der Waals surface area contributed by atoms with E-state index in [1.54, 1.807) is 0 Å². The van der Waals surface area contributed by atoms with Crippen LogP contribution in [-0.4, -0.2) is 16.2 Å². The molecule has 0 N–H and O–H groups in total. The molecule has 4 heteroatoms. The van der Waals surface area contributed by atoms with E-state index in [4.69, 9.17) is 16.3 Å². The number of nitrogens with zero attached hydrogens (tertiary/aromatic N) is 2. The molecule has 0 spiro atoms. The number of aromatic nitrogens is 2. The van der Waals surface area contributed by atoms with Crippen LogP contribution in [0.3, 0.4) is 0 Å². The van der Waals surface area contributed by atoms with Crippen molar-refractivity contribution in [3.63, 3.8) is 0 Å². The minimum atomic E-state index is -0.386. The van der Waals surface area contributed by atoms with Gasteiger partial charge >= 0.3 is 0 Å². The monoisotopic (exact) mass is 338 g/mol. The van der Waals surface area contributed by atoms with Gasteiger partial charge in [-0.15, -0.1) is 0 Å². The van der Waals surface area contributed by atoms with Crippen molar-refractivity contribution in [3.8, 4) is 0 Å². The van der Waals surface area contributed by atoms with E-state index < -0.39 is 0 Å². The number of hydrogen-bond acceptors (Lipinski definition) is 2. The van der Waals surface area contributed by atoms with E-state index in [9.17, 15) is 0 Å². The molecule has 2 heterocycles. The zero-order chi connectivity index (χ0) is 16.4. The van der Waals surface area contributed by atoms with Gasteiger partial charge in [-0.25, -0.2) is 4.98 Å². The molecule has 3 aromatic rings. The van der Waals surface area contributed by atoms with Gasteiger partial charge < -0.3 is 9.30 Å². The van der Waals surface area contributed by atoms with E-state index in [1.807, 2.05) is 30.9 Å². The van der Waals surface area contributed by atoms with Crippen LogP contribution in [0.15, 0.2) is 67.3 Å². The summed E-state index contributed by atoms with van der Waals surface area (Å²) in [5, 5.41) is 0.757. The predicted octanol–water partition coefficient (Wildman–Crippen LogP) is 4.25. The maximum Gasteiger partial charge on any atom is 0.115 e. The fourth-order valence-corrected chi connectivity index (χ4v) is 3.68. The molecule has 0 aliphatic carbocycles. The summed E-state index contributed by atoms with van der Waals surface area (Å²) in [5.41, 5.74) is 3.48. The van der Waals surface area contributed by atoms with E-state index in [-0.39, 0.29) is 5.60 Å². The summed E-state index contributed by atoms with van der Waals surface area (Å²) in [6, 6.07) is 16.7. The molecule has 3 nitrogen and oxygen atoms in total. The first-order valence-corrected chi connectivity index (χ1v) is 8.56. The molecular formula is C20H19ClN2O. The van der Waals surface area contributed by atoms with Gasteiger partial charge in [-0.1, -0.05) is 48.0 Å². The van der Waals surface area contributed by atoms with Crippen molar-refractivity contribution in [1.82, 2.24) is 9.55 Å². The maximum absolute atomic E-state index is 6.42. The van der Waals surface area contributed by atoms with Crippen LogP contribution in [0.5, 0.6) is 0 Å². The molecule has 4 rings (SSSR count). The van der Waals surface area contributed by atoms with Crippen molar-refractivity contribution in [1.29, 1.82) is 0 Å². The molecular weight excluding hydrogens is 320 g/mol. The van der Waals surface area contributed by atoms with Crippen molar-refractivity contribution >= 4 is 11.6 Å². The van der Waals surface area contributed by atoms with Crippen LogP contribution in [-0.2, 0) is 29.7 Å². The number of halogens is 1. The Morgan fingerprint density at radius 1 is 1.12 bits per heavy atom.